The van der Waals surface area contributed by atoms with E-state index in [0.717, 1.165) is 37.3 Å². The molecule has 1 saturated heterocycles. The van der Waals surface area contributed by atoms with Gasteiger partial charge in [0.2, 0.25) is 0 Å². The molecule has 2 aromatic carbocycles. The Labute approximate surface area is 153 Å². The summed E-state index contributed by atoms with van der Waals surface area (Å²) in [6.45, 7) is 3.61. The van der Waals surface area contributed by atoms with Crippen LogP contribution < -0.4 is 4.74 Å². The van der Waals surface area contributed by atoms with Crippen molar-refractivity contribution in [2.24, 2.45) is 5.92 Å². The Balaban J connectivity index is 1.33. The number of hydrogen-bond acceptors (Lipinski definition) is 4. The van der Waals surface area contributed by atoms with Gasteiger partial charge in [-0.25, -0.2) is 0 Å². The van der Waals surface area contributed by atoms with E-state index in [1.54, 1.807) is 0 Å². The van der Waals surface area contributed by atoms with Gasteiger partial charge in [-0.15, -0.1) is 0 Å². The fraction of sp³-hybridized carbons (Fsp3) is 0.381. The molecule has 0 saturated carbocycles. The monoisotopic (exact) mass is 351 g/mol. The lowest BCUT2D eigenvalue weighted by atomic mass is 9.98. The molecule has 5 heteroatoms. The molecule has 3 aromatic rings. The summed E-state index contributed by atoms with van der Waals surface area (Å²) in [5.74, 6) is 1.54. The van der Waals surface area contributed by atoms with Gasteiger partial charge >= 0.3 is 0 Å². The topological polar surface area (TPSA) is 61.4 Å². The van der Waals surface area contributed by atoms with Crippen molar-refractivity contribution in [2.75, 3.05) is 26.3 Å². The molecule has 0 amide bonds. The van der Waals surface area contributed by atoms with Gasteiger partial charge < -0.3 is 9.84 Å². The number of nitrogens with zero attached hydrogens (tertiary/aromatic N) is 2. The van der Waals surface area contributed by atoms with E-state index in [1.165, 1.54) is 22.9 Å². The number of hydrogen-bond donors (Lipinski definition) is 2. The molecule has 5 nitrogen and oxygen atoms in total. The highest BCUT2D eigenvalue weighted by atomic mass is 16.5. The van der Waals surface area contributed by atoms with E-state index in [-0.39, 0.29) is 6.61 Å². The predicted octanol–water partition coefficient (Wildman–Crippen LogP) is 3.00. The van der Waals surface area contributed by atoms with Crippen LogP contribution in [0, 0.1) is 5.92 Å². The summed E-state index contributed by atoms with van der Waals surface area (Å²) in [7, 11) is 0. The molecule has 2 heterocycles. The van der Waals surface area contributed by atoms with Gasteiger partial charge in [-0.2, -0.15) is 5.10 Å². The second-order valence-electron chi connectivity index (χ2n) is 7.11. The summed E-state index contributed by atoms with van der Waals surface area (Å²) in [6, 6.07) is 14.8. The van der Waals surface area contributed by atoms with Gasteiger partial charge in [-0.1, -0.05) is 18.2 Å². The second-order valence-corrected chi connectivity index (χ2v) is 7.11. The van der Waals surface area contributed by atoms with E-state index in [9.17, 15) is 0 Å². The van der Waals surface area contributed by atoms with Crippen LogP contribution in [0.15, 0.2) is 48.7 Å². The van der Waals surface area contributed by atoms with Gasteiger partial charge in [-0.05, 0) is 60.7 Å². The summed E-state index contributed by atoms with van der Waals surface area (Å²) in [5.41, 5.74) is 3.76. The number of fused-ring (bicyclic) bond motifs is 1. The molecule has 4 rings (SSSR count). The number of ether oxygens (including phenoxy) is 1. The van der Waals surface area contributed by atoms with Crippen molar-refractivity contribution in [3.63, 3.8) is 0 Å². The normalized spacial score (nSPS) is 17.8. The van der Waals surface area contributed by atoms with Crippen LogP contribution in [0.3, 0.4) is 0 Å². The van der Waals surface area contributed by atoms with Gasteiger partial charge in [0.25, 0.3) is 0 Å². The smallest absolute Gasteiger partial charge is 0.119 e. The van der Waals surface area contributed by atoms with Gasteiger partial charge in [-0.3, -0.25) is 10.00 Å². The van der Waals surface area contributed by atoms with E-state index >= 15 is 0 Å². The number of nitrogens with one attached hydrogen (secondary N) is 1. The maximum atomic E-state index is 8.88. The highest BCUT2D eigenvalue weighted by Gasteiger charge is 2.22. The zero-order valence-corrected chi connectivity index (χ0v) is 14.9. The van der Waals surface area contributed by atoms with Crippen molar-refractivity contribution in [2.45, 2.75) is 19.4 Å². The highest BCUT2D eigenvalue weighted by Crippen LogP contribution is 2.25. The van der Waals surface area contributed by atoms with Crippen LogP contribution in [0.1, 0.15) is 17.5 Å². The van der Waals surface area contributed by atoms with Gasteiger partial charge in [0, 0.05) is 18.5 Å². The molecule has 2 N–H and O–H groups in total. The van der Waals surface area contributed by atoms with Crippen molar-refractivity contribution < 1.29 is 9.84 Å². The Kier molecular flexibility index (Phi) is 5.18. The van der Waals surface area contributed by atoms with Crippen molar-refractivity contribution in [1.29, 1.82) is 0 Å². The van der Waals surface area contributed by atoms with Crippen molar-refractivity contribution in [1.82, 2.24) is 15.1 Å². The van der Waals surface area contributed by atoms with Crippen molar-refractivity contribution in [3.8, 4) is 5.75 Å². The van der Waals surface area contributed by atoms with Crippen LogP contribution in [-0.4, -0.2) is 46.5 Å². The maximum absolute atomic E-state index is 8.88. The van der Waals surface area contributed by atoms with Gasteiger partial charge in [0.15, 0.2) is 0 Å². The number of benzene rings is 2. The number of aromatic amines is 1. The van der Waals surface area contributed by atoms with Gasteiger partial charge in [0.1, 0.15) is 12.4 Å². The van der Waals surface area contributed by atoms with E-state index < -0.39 is 0 Å². The Morgan fingerprint density at radius 2 is 2.15 bits per heavy atom. The van der Waals surface area contributed by atoms with Crippen LogP contribution >= 0.6 is 0 Å². The molecule has 0 radical (unpaired) electrons. The standard InChI is InChI=1S/C21H25N3O2/c25-8-9-26-20-3-1-2-17(12-20)14-24-7-6-18(15-24)10-16-4-5-21-19(11-16)13-22-23-21/h1-5,11-13,18,25H,6-10,14-15H2,(H,22,23)/t18-/m0/s1. The Bertz CT molecular complexity index is 861. The van der Waals surface area contributed by atoms with Crippen molar-refractivity contribution >= 4 is 10.9 Å². The summed E-state index contributed by atoms with van der Waals surface area (Å²) < 4.78 is 5.51. The molecule has 136 valence electrons. The molecular weight excluding hydrogens is 326 g/mol. The number of rotatable bonds is 7. The largest absolute Gasteiger partial charge is 0.491 e. The minimum absolute atomic E-state index is 0.0443. The average molecular weight is 351 g/mol. The first-order valence-corrected chi connectivity index (χ1v) is 9.27. The number of aliphatic hydroxyl groups excluding tert-OH is 1. The molecule has 1 atom stereocenters. The first kappa shape index (κ1) is 17.1. The number of aliphatic hydroxyl groups is 1. The quantitative estimate of drug-likeness (QED) is 0.687. The first-order valence-electron chi connectivity index (χ1n) is 9.27. The number of aromatic nitrogens is 2. The van der Waals surface area contributed by atoms with Crippen LogP contribution in [-0.2, 0) is 13.0 Å². The molecular formula is C21H25N3O2. The molecule has 0 aliphatic carbocycles. The number of likely N-dealkylation sites (tertiary alicyclic amines) is 1. The Morgan fingerprint density at radius 1 is 1.19 bits per heavy atom. The first-order chi connectivity index (χ1) is 12.8. The lowest BCUT2D eigenvalue weighted by Gasteiger charge is -2.17. The van der Waals surface area contributed by atoms with Crippen LogP contribution in [0.4, 0.5) is 0 Å². The lowest BCUT2D eigenvalue weighted by molar-refractivity contribution is 0.201. The third kappa shape index (κ3) is 4.06. The average Bonchev–Trinajstić information content (AvgIpc) is 3.29. The molecule has 1 aliphatic heterocycles. The molecule has 0 spiro atoms. The van der Waals surface area contributed by atoms with E-state index in [4.69, 9.17) is 9.84 Å². The van der Waals surface area contributed by atoms with Crippen LogP contribution in [0.25, 0.3) is 10.9 Å². The zero-order valence-electron chi connectivity index (χ0n) is 14.9. The molecule has 0 unspecified atom stereocenters. The number of H-pyrrole nitrogens is 1. The van der Waals surface area contributed by atoms with Gasteiger partial charge in [0.05, 0.1) is 18.3 Å². The van der Waals surface area contributed by atoms with Crippen LogP contribution in [0.5, 0.6) is 5.75 Å². The highest BCUT2D eigenvalue weighted by molar-refractivity contribution is 5.78. The minimum atomic E-state index is 0.0443. The molecule has 26 heavy (non-hydrogen) atoms. The zero-order chi connectivity index (χ0) is 17.8. The Morgan fingerprint density at radius 3 is 3.08 bits per heavy atom. The van der Waals surface area contributed by atoms with Crippen molar-refractivity contribution in [3.05, 3.63) is 59.8 Å². The summed E-state index contributed by atoms with van der Waals surface area (Å²) in [4.78, 5) is 2.52. The Hall–Kier alpha value is -2.37. The fourth-order valence-corrected chi connectivity index (χ4v) is 3.83. The summed E-state index contributed by atoms with van der Waals surface area (Å²) in [6.07, 6.45) is 4.26. The lowest BCUT2D eigenvalue weighted by Crippen LogP contribution is -2.20. The minimum Gasteiger partial charge on any atom is -0.491 e. The van der Waals surface area contributed by atoms with E-state index in [1.807, 2.05) is 18.3 Å². The molecule has 0 bridgehead atoms. The molecule has 1 aliphatic rings. The summed E-state index contributed by atoms with van der Waals surface area (Å²) >= 11 is 0. The van der Waals surface area contributed by atoms with E-state index in [0.29, 0.717) is 12.5 Å². The molecule has 1 fully saturated rings. The van der Waals surface area contributed by atoms with Crippen LogP contribution in [0.2, 0.25) is 0 Å². The third-order valence-electron chi connectivity index (χ3n) is 5.06. The summed E-state index contributed by atoms with van der Waals surface area (Å²) in [5, 5.41) is 17.2. The second kappa shape index (κ2) is 7.89. The predicted molar refractivity (Wildman–Crippen MR) is 102 cm³/mol. The fourth-order valence-electron chi connectivity index (χ4n) is 3.83. The SMILES string of the molecule is OCCOc1cccc(CN2CC[C@@H](Cc3ccc4[nH]ncc4c3)C2)c1. The maximum Gasteiger partial charge on any atom is 0.119 e. The van der Waals surface area contributed by atoms with E-state index in [2.05, 4.69) is 45.4 Å². The third-order valence-corrected chi connectivity index (χ3v) is 5.06. The molecule has 1 aromatic heterocycles.